The fourth-order valence-corrected chi connectivity index (χ4v) is 2.75. The summed E-state index contributed by atoms with van der Waals surface area (Å²) < 4.78 is 15.8. The van der Waals surface area contributed by atoms with Crippen molar-refractivity contribution in [1.29, 1.82) is 0 Å². The maximum atomic E-state index is 12.1. The minimum atomic E-state index is -0.755. The highest BCUT2D eigenvalue weighted by Gasteiger charge is 2.30. The Morgan fingerprint density at radius 1 is 1.19 bits per heavy atom. The second-order valence-electron chi connectivity index (χ2n) is 5.84. The van der Waals surface area contributed by atoms with Gasteiger partial charge in [0.25, 0.3) is 5.91 Å². The van der Waals surface area contributed by atoms with Gasteiger partial charge in [0, 0.05) is 11.8 Å². The predicted octanol–water partition coefficient (Wildman–Crippen LogP) is 1.64. The van der Waals surface area contributed by atoms with Gasteiger partial charge in [-0.2, -0.15) is 0 Å². The lowest BCUT2D eigenvalue weighted by Crippen LogP contribution is -2.29. The molecule has 0 bridgehead atoms. The molecule has 1 aromatic heterocycles. The van der Waals surface area contributed by atoms with Crippen LogP contribution in [0.4, 0.5) is 4.79 Å². The van der Waals surface area contributed by atoms with Crippen LogP contribution < -0.4 is 10.6 Å². The molecule has 1 atom stereocenters. The second kappa shape index (κ2) is 7.90. The molecular weight excluding hydrogens is 356 g/mol. The van der Waals surface area contributed by atoms with E-state index in [1.807, 2.05) is 0 Å². The van der Waals surface area contributed by atoms with Gasteiger partial charge in [-0.25, -0.2) is 9.59 Å². The molecule has 9 nitrogen and oxygen atoms in total. The number of amides is 3. The van der Waals surface area contributed by atoms with E-state index in [0.29, 0.717) is 16.5 Å². The topological polar surface area (TPSA) is 124 Å². The van der Waals surface area contributed by atoms with Gasteiger partial charge >= 0.3 is 18.0 Å². The van der Waals surface area contributed by atoms with Crippen molar-refractivity contribution in [2.24, 2.45) is 0 Å². The van der Waals surface area contributed by atoms with Crippen molar-refractivity contribution in [2.45, 2.75) is 32.4 Å². The third-order valence-electron chi connectivity index (χ3n) is 4.03. The molecule has 3 rings (SSSR count). The van der Waals surface area contributed by atoms with Crippen LogP contribution in [0.2, 0.25) is 0 Å². The van der Waals surface area contributed by atoms with Crippen molar-refractivity contribution in [3.8, 4) is 0 Å². The molecule has 1 aliphatic rings. The Morgan fingerprint density at radius 2 is 1.96 bits per heavy atom. The van der Waals surface area contributed by atoms with Gasteiger partial charge in [-0.05, 0) is 19.4 Å². The fourth-order valence-electron chi connectivity index (χ4n) is 2.75. The van der Waals surface area contributed by atoms with Crippen LogP contribution in [0.5, 0.6) is 0 Å². The van der Waals surface area contributed by atoms with Crippen LogP contribution >= 0.6 is 0 Å². The van der Waals surface area contributed by atoms with Crippen molar-refractivity contribution in [3.05, 3.63) is 35.6 Å². The molecule has 1 aromatic carbocycles. The zero-order valence-corrected chi connectivity index (χ0v) is 14.6. The van der Waals surface area contributed by atoms with E-state index in [1.165, 1.54) is 0 Å². The number of carbonyl (C=O) groups excluding carboxylic acids is 4. The number of urea groups is 1. The molecule has 0 spiro atoms. The molecule has 0 aliphatic carbocycles. The minimum Gasteiger partial charge on any atom is -0.461 e. The Morgan fingerprint density at radius 3 is 2.67 bits per heavy atom. The summed E-state index contributed by atoms with van der Waals surface area (Å²) in [6.07, 6.45) is 0.0518. The van der Waals surface area contributed by atoms with Crippen molar-refractivity contribution >= 4 is 34.8 Å². The smallest absolute Gasteiger partial charge is 0.374 e. The summed E-state index contributed by atoms with van der Waals surface area (Å²) in [5, 5.41) is 5.15. The SMILES string of the molecule is CCOC(=O)c1oc2ccccc2c1COC(=O)CC[C@@H]1NC(=O)NC1=O. The van der Waals surface area contributed by atoms with Gasteiger partial charge < -0.3 is 19.2 Å². The Kier molecular flexibility index (Phi) is 5.39. The Labute approximate surface area is 154 Å². The number of nitrogens with one attached hydrogen (secondary N) is 2. The van der Waals surface area contributed by atoms with Crippen LogP contribution in [-0.4, -0.2) is 36.5 Å². The number of carbonyl (C=O) groups is 4. The van der Waals surface area contributed by atoms with Gasteiger partial charge in [-0.1, -0.05) is 18.2 Å². The lowest BCUT2D eigenvalue weighted by molar-refractivity contribution is -0.145. The van der Waals surface area contributed by atoms with Gasteiger partial charge in [0.15, 0.2) is 0 Å². The maximum absolute atomic E-state index is 12.1. The highest BCUT2D eigenvalue weighted by molar-refractivity contribution is 6.04. The average Bonchev–Trinajstić information content (AvgIpc) is 3.17. The zero-order valence-electron chi connectivity index (χ0n) is 14.6. The van der Waals surface area contributed by atoms with E-state index < -0.39 is 29.9 Å². The molecule has 2 heterocycles. The van der Waals surface area contributed by atoms with Crippen LogP contribution in [0.3, 0.4) is 0 Å². The van der Waals surface area contributed by atoms with Crippen LogP contribution in [0.15, 0.2) is 28.7 Å². The lowest BCUT2D eigenvalue weighted by Gasteiger charge is -2.08. The first-order valence-corrected chi connectivity index (χ1v) is 8.44. The van der Waals surface area contributed by atoms with E-state index in [2.05, 4.69) is 10.6 Å². The normalized spacial score (nSPS) is 16.1. The van der Waals surface area contributed by atoms with E-state index >= 15 is 0 Å². The number of fused-ring (bicyclic) bond motifs is 1. The fraction of sp³-hybridized carbons (Fsp3) is 0.333. The van der Waals surface area contributed by atoms with Gasteiger partial charge in [-0.15, -0.1) is 0 Å². The Bertz CT molecular complexity index is 902. The number of benzene rings is 1. The standard InChI is InChI=1S/C18H18N2O7/c1-2-25-17(23)15-11(10-5-3-4-6-13(10)27-15)9-26-14(21)8-7-12-16(22)20-18(24)19-12/h3-6,12H,2,7-9H2,1H3,(H2,19,20,22,24)/t12-/m0/s1. The third kappa shape index (κ3) is 4.08. The monoisotopic (exact) mass is 374 g/mol. The molecule has 0 unspecified atom stereocenters. The maximum Gasteiger partial charge on any atom is 0.374 e. The number of hydrogen-bond acceptors (Lipinski definition) is 7. The number of esters is 2. The summed E-state index contributed by atoms with van der Waals surface area (Å²) in [5.74, 6) is -1.68. The zero-order chi connectivity index (χ0) is 19.4. The molecule has 1 aliphatic heterocycles. The summed E-state index contributed by atoms with van der Waals surface area (Å²) in [5.41, 5.74) is 0.904. The van der Waals surface area contributed by atoms with Gasteiger partial charge in [0.05, 0.1) is 12.2 Å². The largest absolute Gasteiger partial charge is 0.461 e. The van der Waals surface area contributed by atoms with Gasteiger partial charge in [0.2, 0.25) is 5.76 Å². The first kappa shape index (κ1) is 18.4. The molecule has 1 saturated heterocycles. The summed E-state index contributed by atoms with van der Waals surface area (Å²) >= 11 is 0. The summed E-state index contributed by atoms with van der Waals surface area (Å²) in [6, 6.07) is 5.66. The van der Waals surface area contributed by atoms with E-state index in [-0.39, 0.29) is 31.8 Å². The first-order valence-electron chi connectivity index (χ1n) is 8.44. The molecule has 9 heteroatoms. The third-order valence-corrected chi connectivity index (χ3v) is 4.03. The molecule has 142 valence electrons. The summed E-state index contributed by atoms with van der Waals surface area (Å²) in [7, 11) is 0. The van der Waals surface area contributed by atoms with E-state index in [0.717, 1.165) is 0 Å². The summed E-state index contributed by atoms with van der Waals surface area (Å²) in [4.78, 5) is 46.6. The lowest BCUT2D eigenvalue weighted by atomic mass is 10.1. The number of furan rings is 1. The van der Waals surface area contributed by atoms with Crippen molar-refractivity contribution in [2.75, 3.05) is 6.61 Å². The Balaban J connectivity index is 1.66. The Hall–Kier alpha value is -3.36. The molecule has 27 heavy (non-hydrogen) atoms. The van der Waals surface area contributed by atoms with Crippen LogP contribution in [0, 0.1) is 0 Å². The van der Waals surface area contributed by atoms with Crippen LogP contribution in [0.25, 0.3) is 11.0 Å². The number of para-hydroxylation sites is 1. The van der Waals surface area contributed by atoms with E-state index in [1.54, 1.807) is 31.2 Å². The number of hydrogen-bond donors (Lipinski definition) is 2. The van der Waals surface area contributed by atoms with E-state index in [4.69, 9.17) is 13.9 Å². The first-order chi connectivity index (χ1) is 13.0. The quantitative estimate of drug-likeness (QED) is 0.558. The number of imide groups is 1. The molecule has 0 radical (unpaired) electrons. The van der Waals surface area contributed by atoms with Crippen LogP contribution in [-0.2, 0) is 25.7 Å². The van der Waals surface area contributed by atoms with Crippen molar-refractivity contribution < 1.29 is 33.1 Å². The summed E-state index contributed by atoms with van der Waals surface area (Å²) in [6.45, 7) is 1.69. The predicted molar refractivity (Wildman–Crippen MR) is 91.7 cm³/mol. The highest BCUT2D eigenvalue weighted by atomic mass is 16.5. The molecule has 3 amide bonds. The van der Waals surface area contributed by atoms with Gasteiger partial charge in [0.1, 0.15) is 18.2 Å². The molecule has 0 saturated carbocycles. The number of ether oxygens (including phenoxy) is 2. The number of rotatable bonds is 7. The molecule has 2 N–H and O–H groups in total. The molecular formula is C18H18N2O7. The highest BCUT2D eigenvalue weighted by Crippen LogP contribution is 2.27. The van der Waals surface area contributed by atoms with E-state index in [9.17, 15) is 19.2 Å². The molecule has 2 aromatic rings. The van der Waals surface area contributed by atoms with Gasteiger partial charge in [-0.3, -0.25) is 14.9 Å². The average molecular weight is 374 g/mol. The molecule has 1 fully saturated rings. The second-order valence-corrected chi connectivity index (χ2v) is 5.84. The van der Waals surface area contributed by atoms with Crippen molar-refractivity contribution in [1.82, 2.24) is 10.6 Å². The van der Waals surface area contributed by atoms with Crippen molar-refractivity contribution in [3.63, 3.8) is 0 Å². The van der Waals surface area contributed by atoms with Crippen LogP contribution in [0.1, 0.15) is 35.9 Å². The minimum absolute atomic E-state index is 0.00622.